The summed E-state index contributed by atoms with van der Waals surface area (Å²) in [6, 6.07) is 6.03. The number of nitrogens with one attached hydrogen (secondary N) is 1. The summed E-state index contributed by atoms with van der Waals surface area (Å²) in [5.74, 6) is 0. The Morgan fingerprint density at radius 2 is 1.95 bits per heavy atom. The molecule has 1 heterocycles. The monoisotopic (exact) mass is 300 g/mol. The van der Waals surface area contributed by atoms with Crippen molar-refractivity contribution in [1.82, 2.24) is 10.2 Å². The van der Waals surface area contributed by atoms with Crippen LogP contribution in [0.1, 0.15) is 37.3 Å². The summed E-state index contributed by atoms with van der Waals surface area (Å²) in [6.07, 6.45) is -0.806. The van der Waals surface area contributed by atoms with Gasteiger partial charge in [-0.3, -0.25) is 4.90 Å². The standard InChI is InChI=1S/C16H23F3N2/c1-2-9-20-15-4-3-10-21(12-15)11-13-5-7-14(8-6-13)16(17,18)19/h5-8,15,20H,2-4,9-12H2,1H3. The van der Waals surface area contributed by atoms with Crippen LogP contribution in [0, 0.1) is 0 Å². The Bertz CT molecular complexity index is 428. The second-order valence-corrected chi connectivity index (χ2v) is 5.72. The molecule has 1 fully saturated rings. The van der Waals surface area contributed by atoms with Crippen molar-refractivity contribution in [1.29, 1.82) is 0 Å². The second kappa shape index (κ2) is 7.27. The third-order valence-electron chi connectivity index (χ3n) is 3.88. The van der Waals surface area contributed by atoms with Crippen molar-refractivity contribution < 1.29 is 13.2 Å². The number of piperidine rings is 1. The number of rotatable bonds is 5. The molecule has 2 rings (SSSR count). The van der Waals surface area contributed by atoms with E-state index >= 15 is 0 Å². The van der Waals surface area contributed by atoms with Crippen LogP contribution >= 0.6 is 0 Å². The molecule has 0 aliphatic carbocycles. The van der Waals surface area contributed by atoms with Gasteiger partial charge in [0.1, 0.15) is 0 Å². The number of benzene rings is 1. The van der Waals surface area contributed by atoms with Crippen LogP contribution in [0.25, 0.3) is 0 Å². The van der Waals surface area contributed by atoms with E-state index in [9.17, 15) is 13.2 Å². The van der Waals surface area contributed by atoms with Crippen molar-refractivity contribution in [2.24, 2.45) is 0 Å². The molecule has 1 saturated heterocycles. The lowest BCUT2D eigenvalue weighted by Crippen LogP contribution is -2.45. The molecule has 0 amide bonds. The maximum atomic E-state index is 12.5. The molecule has 1 N–H and O–H groups in total. The molecule has 1 atom stereocenters. The van der Waals surface area contributed by atoms with Crippen molar-refractivity contribution in [3.63, 3.8) is 0 Å². The van der Waals surface area contributed by atoms with E-state index in [4.69, 9.17) is 0 Å². The van der Waals surface area contributed by atoms with Gasteiger partial charge in [0, 0.05) is 19.1 Å². The predicted octanol–water partition coefficient (Wildman–Crippen LogP) is 3.67. The van der Waals surface area contributed by atoms with E-state index in [0.717, 1.165) is 44.6 Å². The summed E-state index contributed by atoms with van der Waals surface area (Å²) in [6.45, 7) is 5.89. The molecule has 5 heteroatoms. The Hall–Kier alpha value is -1.07. The Labute approximate surface area is 124 Å². The van der Waals surface area contributed by atoms with Crippen LogP contribution in [0.3, 0.4) is 0 Å². The molecular formula is C16H23F3N2. The van der Waals surface area contributed by atoms with Crippen molar-refractivity contribution in [3.05, 3.63) is 35.4 Å². The minimum atomic E-state index is -4.25. The normalized spacial score (nSPS) is 20.7. The fraction of sp³-hybridized carbons (Fsp3) is 0.625. The van der Waals surface area contributed by atoms with Gasteiger partial charge in [0.15, 0.2) is 0 Å². The van der Waals surface area contributed by atoms with E-state index in [0.29, 0.717) is 6.04 Å². The molecule has 0 bridgehead atoms. The van der Waals surface area contributed by atoms with Crippen molar-refractivity contribution >= 4 is 0 Å². The smallest absolute Gasteiger partial charge is 0.313 e. The van der Waals surface area contributed by atoms with E-state index in [1.165, 1.54) is 18.6 Å². The van der Waals surface area contributed by atoms with Crippen LogP contribution in [-0.2, 0) is 12.7 Å². The van der Waals surface area contributed by atoms with E-state index < -0.39 is 11.7 Å². The fourth-order valence-corrected chi connectivity index (χ4v) is 2.77. The highest BCUT2D eigenvalue weighted by Crippen LogP contribution is 2.29. The zero-order valence-electron chi connectivity index (χ0n) is 12.4. The van der Waals surface area contributed by atoms with Crippen molar-refractivity contribution in [2.75, 3.05) is 19.6 Å². The quantitative estimate of drug-likeness (QED) is 0.892. The van der Waals surface area contributed by atoms with Crippen LogP contribution in [-0.4, -0.2) is 30.6 Å². The molecule has 21 heavy (non-hydrogen) atoms. The molecule has 0 radical (unpaired) electrons. The van der Waals surface area contributed by atoms with Gasteiger partial charge in [-0.2, -0.15) is 13.2 Å². The Morgan fingerprint density at radius 1 is 1.24 bits per heavy atom. The molecule has 1 aliphatic heterocycles. The summed E-state index contributed by atoms with van der Waals surface area (Å²) in [7, 11) is 0. The van der Waals surface area contributed by atoms with Crippen LogP contribution < -0.4 is 5.32 Å². The Morgan fingerprint density at radius 3 is 2.57 bits per heavy atom. The predicted molar refractivity (Wildman–Crippen MR) is 78.0 cm³/mol. The number of hydrogen-bond acceptors (Lipinski definition) is 2. The number of hydrogen-bond donors (Lipinski definition) is 1. The minimum Gasteiger partial charge on any atom is -0.313 e. The van der Waals surface area contributed by atoms with Crippen molar-refractivity contribution in [3.8, 4) is 0 Å². The zero-order chi connectivity index (χ0) is 15.3. The SMILES string of the molecule is CCCNC1CCCN(Cc2ccc(C(F)(F)F)cc2)C1. The number of nitrogens with zero attached hydrogens (tertiary/aromatic N) is 1. The topological polar surface area (TPSA) is 15.3 Å². The van der Waals surface area contributed by atoms with Gasteiger partial charge in [-0.15, -0.1) is 0 Å². The first-order valence-electron chi connectivity index (χ1n) is 7.61. The van der Waals surface area contributed by atoms with Gasteiger partial charge in [0.25, 0.3) is 0 Å². The van der Waals surface area contributed by atoms with Gasteiger partial charge in [0.2, 0.25) is 0 Å². The van der Waals surface area contributed by atoms with E-state index in [1.54, 1.807) is 12.1 Å². The first kappa shape index (κ1) is 16.3. The molecule has 1 aliphatic rings. The molecule has 0 saturated carbocycles. The second-order valence-electron chi connectivity index (χ2n) is 5.72. The molecule has 1 aromatic carbocycles. The lowest BCUT2D eigenvalue weighted by atomic mass is 10.0. The van der Waals surface area contributed by atoms with Crippen molar-refractivity contribution in [2.45, 2.75) is 44.9 Å². The number of halogens is 3. The lowest BCUT2D eigenvalue weighted by molar-refractivity contribution is -0.137. The summed E-state index contributed by atoms with van der Waals surface area (Å²) >= 11 is 0. The number of likely N-dealkylation sites (tertiary alicyclic amines) is 1. The Kier molecular flexibility index (Phi) is 5.65. The summed E-state index contributed by atoms with van der Waals surface area (Å²) in [4.78, 5) is 2.32. The third kappa shape index (κ3) is 5.00. The maximum Gasteiger partial charge on any atom is 0.416 e. The first-order valence-corrected chi connectivity index (χ1v) is 7.61. The van der Waals surface area contributed by atoms with Crippen LogP contribution in [0.2, 0.25) is 0 Å². The molecule has 2 nitrogen and oxygen atoms in total. The average molecular weight is 300 g/mol. The molecule has 0 aromatic heterocycles. The minimum absolute atomic E-state index is 0.508. The highest BCUT2D eigenvalue weighted by Gasteiger charge is 2.30. The Balaban J connectivity index is 1.89. The largest absolute Gasteiger partial charge is 0.416 e. The van der Waals surface area contributed by atoms with Gasteiger partial charge in [-0.05, 0) is 50.0 Å². The van der Waals surface area contributed by atoms with E-state index in [-0.39, 0.29) is 0 Å². The lowest BCUT2D eigenvalue weighted by Gasteiger charge is -2.33. The summed E-state index contributed by atoms with van der Waals surface area (Å²) in [5.41, 5.74) is 0.367. The fourth-order valence-electron chi connectivity index (χ4n) is 2.77. The van der Waals surface area contributed by atoms with Gasteiger partial charge in [-0.25, -0.2) is 0 Å². The van der Waals surface area contributed by atoms with Crippen LogP contribution in [0.4, 0.5) is 13.2 Å². The summed E-state index contributed by atoms with van der Waals surface area (Å²) in [5, 5.41) is 3.53. The van der Waals surface area contributed by atoms with Crippen LogP contribution in [0.15, 0.2) is 24.3 Å². The van der Waals surface area contributed by atoms with Crippen LogP contribution in [0.5, 0.6) is 0 Å². The third-order valence-corrected chi connectivity index (χ3v) is 3.88. The maximum absolute atomic E-state index is 12.5. The van der Waals surface area contributed by atoms with Gasteiger partial charge >= 0.3 is 6.18 Å². The zero-order valence-corrected chi connectivity index (χ0v) is 12.4. The van der Waals surface area contributed by atoms with E-state index in [1.807, 2.05) is 0 Å². The molecular weight excluding hydrogens is 277 g/mol. The molecule has 0 spiro atoms. The highest BCUT2D eigenvalue weighted by atomic mass is 19.4. The highest BCUT2D eigenvalue weighted by molar-refractivity contribution is 5.24. The van der Waals surface area contributed by atoms with Gasteiger partial charge in [-0.1, -0.05) is 19.1 Å². The van der Waals surface area contributed by atoms with E-state index in [2.05, 4.69) is 17.1 Å². The average Bonchev–Trinajstić information content (AvgIpc) is 2.45. The summed E-state index contributed by atoms with van der Waals surface area (Å²) < 4.78 is 37.6. The molecule has 1 unspecified atom stereocenters. The number of alkyl halides is 3. The molecule has 1 aromatic rings. The molecule has 118 valence electrons. The first-order chi connectivity index (χ1) is 9.99. The van der Waals surface area contributed by atoms with Gasteiger partial charge in [0.05, 0.1) is 5.56 Å². The van der Waals surface area contributed by atoms with Gasteiger partial charge < -0.3 is 5.32 Å².